The van der Waals surface area contributed by atoms with Crippen molar-refractivity contribution in [3.63, 3.8) is 0 Å². The first-order chi connectivity index (χ1) is 9.19. The molecule has 6 heteroatoms. The normalized spacial score (nSPS) is 10.9. The molecule has 1 heterocycles. The van der Waals surface area contributed by atoms with Crippen LogP contribution in [0, 0.1) is 6.92 Å². The Labute approximate surface area is 125 Å². The standard InChI is InChI=1S/C13H16BrN3OS/c1-3-6-15-8-10-7-11(14)4-5-12(10)19-13-17-16-9(2)18-13/h4-5,7,15H,3,6,8H2,1-2H3. The zero-order chi connectivity index (χ0) is 13.7. The molecule has 4 nitrogen and oxygen atoms in total. The smallest absolute Gasteiger partial charge is 0.281 e. The van der Waals surface area contributed by atoms with Crippen LogP contribution in [0.5, 0.6) is 0 Å². The van der Waals surface area contributed by atoms with Crippen molar-refractivity contribution in [1.29, 1.82) is 0 Å². The van der Waals surface area contributed by atoms with Gasteiger partial charge < -0.3 is 9.73 Å². The van der Waals surface area contributed by atoms with Gasteiger partial charge in [0.05, 0.1) is 0 Å². The van der Waals surface area contributed by atoms with Crippen LogP contribution in [0.2, 0.25) is 0 Å². The molecule has 0 fully saturated rings. The quantitative estimate of drug-likeness (QED) is 0.810. The van der Waals surface area contributed by atoms with Gasteiger partial charge in [-0.1, -0.05) is 22.9 Å². The fourth-order valence-corrected chi connectivity index (χ4v) is 2.84. The molecule has 0 radical (unpaired) electrons. The summed E-state index contributed by atoms with van der Waals surface area (Å²) >= 11 is 5.01. The van der Waals surface area contributed by atoms with Gasteiger partial charge in [-0.25, -0.2) is 0 Å². The van der Waals surface area contributed by atoms with Crippen LogP contribution in [0.4, 0.5) is 0 Å². The summed E-state index contributed by atoms with van der Waals surface area (Å²) < 4.78 is 6.48. The lowest BCUT2D eigenvalue weighted by atomic mass is 10.2. The molecule has 0 aliphatic carbocycles. The van der Waals surface area contributed by atoms with Crippen molar-refractivity contribution >= 4 is 27.7 Å². The lowest BCUT2D eigenvalue weighted by Gasteiger charge is -2.09. The summed E-state index contributed by atoms with van der Waals surface area (Å²) in [5.74, 6) is 0.588. The Hall–Kier alpha value is -0.850. The van der Waals surface area contributed by atoms with E-state index in [4.69, 9.17) is 4.42 Å². The van der Waals surface area contributed by atoms with E-state index in [1.54, 1.807) is 6.92 Å². The highest BCUT2D eigenvalue weighted by Crippen LogP contribution is 2.31. The minimum absolute atomic E-state index is 0.580. The van der Waals surface area contributed by atoms with Crippen molar-refractivity contribution in [2.45, 2.75) is 36.9 Å². The topological polar surface area (TPSA) is 51.0 Å². The second kappa shape index (κ2) is 7.07. The number of benzene rings is 1. The molecule has 0 unspecified atom stereocenters. The maximum Gasteiger partial charge on any atom is 0.281 e. The van der Waals surface area contributed by atoms with Crippen molar-refractivity contribution in [3.8, 4) is 0 Å². The molecule has 0 aliphatic rings. The number of nitrogens with one attached hydrogen (secondary N) is 1. The summed E-state index contributed by atoms with van der Waals surface area (Å²) in [5, 5.41) is 11.8. The maximum atomic E-state index is 5.41. The Kier molecular flexibility index (Phi) is 5.42. The number of halogens is 1. The zero-order valence-electron chi connectivity index (χ0n) is 10.9. The average molecular weight is 342 g/mol. The lowest BCUT2D eigenvalue weighted by Crippen LogP contribution is -2.14. The third-order valence-corrected chi connectivity index (χ3v) is 3.92. The summed E-state index contributed by atoms with van der Waals surface area (Å²) in [6.07, 6.45) is 1.12. The Balaban J connectivity index is 2.14. The molecular weight excluding hydrogens is 326 g/mol. The van der Waals surface area contributed by atoms with E-state index in [1.807, 2.05) is 6.07 Å². The van der Waals surface area contributed by atoms with E-state index < -0.39 is 0 Å². The number of rotatable bonds is 6. The van der Waals surface area contributed by atoms with E-state index >= 15 is 0 Å². The largest absolute Gasteiger partial charge is 0.416 e. The molecule has 2 rings (SSSR count). The molecule has 1 aromatic heterocycles. The first-order valence-corrected chi connectivity index (χ1v) is 7.77. The van der Waals surface area contributed by atoms with Gasteiger partial charge in [-0.15, -0.1) is 10.2 Å². The Morgan fingerprint density at radius 2 is 2.21 bits per heavy atom. The highest BCUT2D eigenvalue weighted by atomic mass is 79.9. The molecule has 0 saturated carbocycles. The summed E-state index contributed by atoms with van der Waals surface area (Å²) in [6, 6.07) is 6.21. The van der Waals surface area contributed by atoms with Crippen LogP contribution < -0.4 is 5.32 Å². The molecule has 1 aromatic carbocycles. The molecule has 0 bridgehead atoms. The van der Waals surface area contributed by atoms with Gasteiger partial charge in [0.25, 0.3) is 5.22 Å². The molecule has 102 valence electrons. The second-order valence-corrected chi connectivity index (χ2v) is 6.03. The number of nitrogens with zero attached hydrogens (tertiary/aromatic N) is 2. The predicted molar refractivity (Wildman–Crippen MR) is 79.3 cm³/mol. The summed E-state index contributed by atoms with van der Waals surface area (Å²) in [6.45, 7) is 5.80. The first kappa shape index (κ1) is 14.6. The Morgan fingerprint density at radius 1 is 1.37 bits per heavy atom. The van der Waals surface area contributed by atoms with E-state index in [0.717, 1.165) is 28.9 Å². The van der Waals surface area contributed by atoms with Gasteiger partial charge in [0, 0.05) is 22.8 Å². The van der Waals surface area contributed by atoms with E-state index in [0.29, 0.717) is 11.1 Å². The van der Waals surface area contributed by atoms with Gasteiger partial charge in [-0.05, 0) is 48.5 Å². The Bertz CT molecular complexity index is 544. The van der Waals surface area contributed by atoms with Crippen molar-refractivity contribution in [1.82, 2.24) is 15.5 Å². The van der Waals surface area contributed by atoms with Crippen molar-refractivity contribution in [2.75, 3.05) is 6.54 Å². The Morgan fingerprint density at radius 3 is 2.89 bits per heavy atom. The van der Waals surface area contributed by atoms with Crippen molar-refractivity contribution in [2.24, 2.45) is 0 Å². The molecule has 1 N–H and O–H groups in total. The third-order valence-electron chi connectivity index (χ3n) is 2.47. The van der Waals surface area contributed by atoms with Crippen LogP contribution in [0.3, 0.4) is 0 Å². The summed E-state index contributed by atoms with van der Waals surface area (Å²) in [7, 11) is 0. The van der Waals surface area contributed by atoms with E-state index in [1.165, 1.54) is 17.3 Å². The average Bonchev–Trinajstić information content (AvgIpc) is 2.78. The molecule has 0 spiro atoms. The summed E-state index contributed by atoms with van der Waals surface area (Å²) in [4.78, 5) is 1.13. The van der Waals surface area contributed by atoms with Crippen LogP contribution in [0.25, 0.3) is 0 Å². The monoisotopic (exact) mass is 341 g/mol. The lowest BCUT2D eigenvalue weighted by molar-refractivity contribution is 0.429. The van der Waals surface area contributed by atoms with Gasteiger partial charge in [-0.2, -0.15) is 0 Å². The SMILES string of the molecule is CCCNCc1cc(Br)ccc1Sc1nnc(C)o1. The molecule has 0 atom stereocenters. The second-order valence-electron chi connectivity index (χ2n) is 4.12. The van der Waals surface area contributed by atoms with Crippen LogP contribution >= 0.6 is 27.7 Å². The molecular formula is C13H16BrN3OS. The molecule has 0 amide bonds. The van der Waals surface area contributed by atoms with E-state index in [9.17, 15) is 0 Å². The number of hydrogen-bond acceptors (Lipinski definition) is 5. The first-order valence-electron chi connectivity index (χ1n) is 6.16. The third kappa shape index (κ3) is 4.33. The maximum absolute atomic E-state index is 5.41. The fraction of sp³-hybridized carbons (Fsp3) is 0.385. The van der Waals surface area contributed by atoms with E-state index in [-0.39, 0.29) is 0 Å². The van der Waals surface area contributed by atoms with Gasteiger partial charge in [0.2, 0.25) is 5.89 Å². The van der Waals surface area contributed by atoms with Crippen LogP contribution in [-0.4, -0.2) is 16.7 Å². The predicted octanol–water partition coefficient (Wildman–Crippen LogP) is 3.79. The van der Waals surface area contributed by atoms with Crippen LogP contribution in [-0.2, 0) is 6.54 Å². The fourth-order valence-electron chi connectivity index (χ4n) is 1.60. The summed E-state index contributed by atoms with van der Waals surface area (Å²) in [5.41, 5.74) is 1.23. The zero-order valence-corrected chi connectivity index (χ0v) is 13.3. The van der Waals surface area contributed by atoms with Gasteiger partial charge in [0.1, 0.15) is 0 Å². The number of aromatic nitrogens is 2. The molecule has 2 aromatic rings. The van der Waals surface area contributed by atoms with Gasteiger partial charge in [0.15, 0.2) is 0 Å². The van der Waals surface area contributed by atoms with Crippen molar-refractivity contribution < 1.29 is 4.42 Å². The minimum atomic E-state index is 0.580. The highest BCUT2D eigenvalue weighted by Gasteiger charge is 2.09. The van der Waals surface area contributed by atoms with E-state index in [2.05, 4.69) is 50.5 Å². The van der Waals surface area contributed by atoms with Crippen LogP contribution in [0.1, 0.15) is 24.8 Å². The number of aryl methyl sites for hydroxylation is 1. The molecule has 0 saturated heterocycles. The molecule has 0 aliphatic heterocycles. The highest BCUT2D eigenvalue weighted by molar-refractivity contribution is 9.10. The van der Waals surface area contributed by atoms with Crippen LogP contribution in [0.15, 0.2) is 37.2 Å². The molecule has 19 heavy (non-hydrogen) atoms. The number of hydrogen-bond donors (Lipinski definition) is 1. The van der Waals surface area contributed by atoms with Gasteiger partial charge in [-0.3, -0.25) is 0 Å². The van der Waals surface area contributed by atoms with Crippen molar-refractivity contribution in [3.05, 3.63) is 34.1 Å². The minimum Gasteiger partial charge on any atom is -0.416 e. The van der Waals surface area contributed by atoms with Gasteiger partial charge >= 0.3 is 0 Å².